The zero-order valence-corrected chi connectivity index (χ0v) is 12.2. The Morgan fingerprint density at radius 1 is 1.09 bits per heavy atom. The van der Waals surface area contributed by atoms with Crippen LogP contribution in [0, 0.1) is 0 Å². The van der Waals surface area contributed by atoms with Crippen molar-refractivity contribution in [3.63, 3.8) is 0 Å². The Balaban J connectivity index is 1.75. The van der Waals surface area contributed by atoms with Crippen molar-refractivity contribution in [1.82, 2.24) is 10.2 Å². The van der Waals surface area contributed by atoms with E-state index in [1.165, 1.54) is 17.0 Å². The fourth-order valence-corrected chi connectivity index (χ4v) is 2.84. The molecule has 1 N–H and O–H groups in total. The highest BCUT2D eigenvalue weighted by molar-refractivity contribution is 6.15. The van der Waals surface area contributed by atoms with Crippen molar-refractivity contribution in [2.45, 2.75) is 18.9 Å². The summed E-state index contributed by atoms with van der Waals surface area (Å²) in [5.41, 5.74) is 1.17. The maximum Gasteiger partial charge on any atom is 0.279 e. The van der Waals surface area contributed by atoms with Gasteiger partial charge in [-0.2, -0.15) is 5.10 Å². The molecule has 1 aliphatic carbocycles. The second-order valence-corrected chi connectivity index (χ2v) is 5.68. The number of carbonyl (C=O) groups is 2. The summed E-state index contributed by atoms with van der Waals surface area (Å²) in [6.45, 7) is -0.0207. The molecule has 0 saturated heterocycles. The number of anilines is 2. The van der Waals surface area contributed by atoms with Gasteiger partial charge in [0.05, 0.1) is 11.4 Å². The fourth-order valence-electron chi connectivity index (χ4n) is 2.84. The highest BCUT2D eigenvalue weighted by Gasteiger charge is 2.40. The Labute approximate surface area is 131 Å². The van der Waals surface area contributed by atoms with Gasteiger partial charge in [0.1, 0.15) is 12.2 Å². The third-order valence-corrected chi connectivity index (χ3v) is 4.05. The molecular formula is C16H14N4O3. The van der Waals surface area contributed by atoms with E-state index in [0.717, 1.165) is 18.5 Å². The number of hydrogen-bond acceptors (Lipinski definition) is 4. The number of H-pyrrole nitrogens is 1. The number of aromatic amines is 1. The van der Waals surface area contributed by atoms with Gasteiger partial charge in [0.15, 0.2) is 0 Å². The average molecular weight is 310 g/mol. The summed E-state index contributed by atoms with van der Waals surface area (Å²) in [6, 6.07) is 10.2. The number of aromatic nitrogens is 2. The van der Waals surface area contributed by atoms with Gasteiger partial charge < -0.3 is 4.90 Å². The van der Waals surface area contributed by atoms with Crippen LogP contribution in [-0.4, -0.2) is 34.6 Å². The van der Waals surface area contributed by atoms with Crippen molar-refractivity contribution in [2.24, 2.45) is 0 Å². The fraction of sp³-hybridized carbons (Fsp3) is 0.250. The lowest BCUT2D eigenvalue weighted by atomic mass is 10.1. The molecule has 2 aromatic rings. The summed E-state index contributed by atoms with van der Waals surface area (Å²) < 4.78 is 0. The molecule has 1 aromatic carbocycles. The van der Waals surface area contributed by atoms with Crippen molar-refractivity contribution in [1.29, 1.82) is 0 Å². The highest BCUT2D eigenvalue weighted by atomic mass is 16.2. The van der Waals surface area contributed by atoms with Crippen LogP contribution in [0.4, 0.5) is 11.4 Å². The van der Waals surface area contributed by atoms with E-state index >= 15 is 0 Å². The van der Waals surface area contributed by atoms with Gasteiger partial charge in [-0.05, 0) is 31.0 Å². The maximum atomic E-state index is 12.7. The lowest BCUT2D eigenvalue weighted by Gasteiger charge is -2.36. The smallest absolute Gasteiger partial charge is 0.279 e. The molecule has 1 fully saturated rings. The Hall–Kier alpha value is -2.96. The van der Waals surface area contributed by atoms with Gasteiger partial charge in [-0.1, -0.05) is 12.1 Å². The van der Waals surface area contributed by atoms with Crippen LogP contribution < -0.4 is 15.4 Å². The molecule has 7 heteroatoms. The van der Waals surface area contributed by atoms with E-state index in [-0.39, 0.29) is 29.7 Å². The van der Waals surface area contributed by atoms with Crippen LogP contribution in [0.2, 0.25) is 0 Å². The Morgan fingerprint density at radius 3 is 2.48 bits per heavy atom. The Kier molecular flexibility index (Phi) is 3.00. The first kappa shape index (κ1) is 13.7. The van der Waals surface area contributed by atoms with Crippen molar-refractivity contribution < 1.29 is 9.59 Å². The second-order valence-electron chi connectivity index (χ2n) is 5.68. The van der Waals surface area contributed by atoms with Crippen LogP contribution in [0.25, 0.3) is 0 Å². The third-order valence-electron chi connectivity index (χ3n) is 4.05. The van der Waals surface area contributed by atoms with Crippen LogP contribution in [0.1, 0.15) is 23.3 Å². The summed E-state index contributed by atoms with van der Waals surface area (Å²) in [6.07, 6.45) is 1.99. The number of para-hydroxylation sites is 2. The quantitative estimate of drug-likeness (QED) is 0.894. The largest absolute Gasteiger partial charge is 0.306 e. The minimum Gasteiger partial charge on any atom is -0.306 e. The molecule has 0 bridgehead atoms. The zero-order valence-electron chi connectivity index (χ0n) is 12.2. The van der Waals surface area contributed by atoms with Gasteiger partial charge in [-0.3, -0.25) is 19.3 Å². The zero-order chi connectivity index (χ0) is 16.0. The number of benzene rings is 1. The number of nitrogens with zero attached hydrogens (tertiary/aromatic N) is 3. The Bertz CT molecular complexity index is 836. The van der Waals surface area contributed by atoms with Crippen molar-refractivity contribution in [2.75, 3.05) is 16.3 Å². The molecule has 1 aliphatic heterocycles. The average Bonchev–Trinajstić information content (AvgIpc) is 3.39. The standard InChI is InChI=1S/C16H14N4O3/c21-14-8-7-11(17-18-14)16(23)19-9-15(22)20(10-5-6-10)13-4-2-1-3-12(13)19/h1-4,7-8,10H,5-6,9H2,(H,18,21). The first-order valence-corrected chi connectivity index (χ1v) is 7.44. The predicted molar refractivity (Wildman–Crippen MR) is 83.5 cm³/mol. The molecule has 116 valence electrons. The van der Waals surface area contributed by atoms with E-state index in [1.54, 1.807) is 4.90 Å². The van der Waals surface area contributed by atoms with Crippen molar-refractivity contribution in [3.8, 4) is 0 Å². The van der Waals surface area contributed by atoms with Crippen LogP contribution in [0.3, 0.4) is 0 Å². The van der Waals surface area contributed by atoms with Crippen LogP contribution in [0.15, 0.2) is 41.2 Å². The monoisotopic (exact) mass is 310 g/mol. The van der Waals surface area contributed by atoms with Gasteiger partial charge >= 0.3 is 0 Å². The highest BCUT2D eigenvalue weighted by Crippen LogP contribution is 2.40. The molecule has 0 unspecified atom stereocenters. The molecule has 0 spiro atoms. The van der Waals surface area contributed by atoms with E-state index < -0.39 is 5.91 Å². The van der Waals surface area contributed by atoms with Gasteiger partial charge in [0.2, 0.25) is 5.91 Å². The minimum absolute atomic E-state index is 0.0207. The molecular weight excluding hydrogens is 296 g/mol. The summed E-state index contributed by atoms with van der Waals surface area (Å²) in [5, 5.41) is 6.01. The molecule has 7 nitrogen and oxygen atoms in total. The molecule has 1 aromatic heterocycles. The van der Waals surface area contributed by atoms with Crippen LogP contribution in [-0.2, 0) is 4.79 Å². The lowest BCUT2D eigenvalue weighted by Crippen LogP contribution is -2.49. The van der Waals surface area contributed by atoms with E-state index in [1.807, 2.05) is 24.3 Å². The van der Waals surface area contributed by atoms with E-state index in [9.17, 15) is 14.4 Å². The third kappa shape index (κ3) is 2.30. The van der Waals surface area contributed by atoms with Gasteiger partial charge in [0.25, 0.3) is 11.5 Å². The van der Waals surface area contributed by atoms with Gasteiger partial charge in [-0.25, -0.2) is 5.10 Å². The van der Waals surface area contributed by atoms with Crippen molar-refractivity contribution in [3.05, 3.63) is 52.4 Å². The maximum absolute atomic E-state index is 12.7. The SMILES string of the molecule is O=C(c1ccc(=O)[nH]n1)N1CC(=O)N(C2CC2)c2ccccc21. The van der Waals surface area contributed by atoms with Crippen molar-refractivity contribution >= 4 is 23.2 Å². The normalized spacial score (nSPS) is 17.1. The molecule has 2 heterocycles. The number of fused-ring (bicyclic) bond motifs is 1. The molecule has 2 aliphatic rings. The summed E-state index contributed by atoms with van der Waals surface area (Å²) >= 11 is 0. The molecule has 1 saturated carbocycles. The summed E-state index contributed by atoms with van der Waals surface area (Å²) in [5.74, 6) is -0.499. The molecule has 0 atom stereocenters. The number of nitrogens with one attached hydrogen (secondary N) is 1. The Morgan fingerprint density at radius 2 is 1.83 bits per heavy atom. The van der Waals surface area contributed by atoms with Gasteiger partial charge in [0, 0.05) is 12.1 Å². The number of hydrogen-bond donors (Lipinski definition) is 1. The lowest BCUT2D eigenvalue weighted by molar-refractivity contribution is -0.117. The van der Waals surface area contributed by atoms with E-state index in [0.29, 0.717) is 5.69 Å². The van der Waals surface area contributed by atoms with Gasteiger partial charge in [-0.15, -0.1) is 0 Å². The first-order valence-electron chi connectivity index (χ1n) is 7.44. The topological polar surface area (TPSA) is 86.4 Å². The van der Waals surface area contributed by atoms with E-state index in [4.69, 9.17) is 0 Å². The molecule has 4 rings (SSSR count). The molecule has 23 heavy (non-hydrogen) atoms. The summed E-state index contributed by atoms with van der Waals surface area (Å²) in [7, 11) is 0. The number of amides is 2. The van der Waals surface area contributed by atoms with E-state index in [2.05, 4.69) is 10.2 Å². The molecule has 2 amide bonds. The van der Waals surface area contributed by atoms with Crippen LogP contribution >= 0.6 is 0 Å². The number of rotatable bonds is 2. The predicted octanol–water partition coefficient (Wildman–Crippen LogP) is 0.926. The summed E-state index contributed by atoms with van der Waals surface area (Å²) in [4.78, 5) is 39.5. The first-order chi connectivity index (χ1) is 11.1. The van der Waals surface area contributed by atoms with Crippen LogP contribution in [0.5, 0.6) is 0 Å². The minimum atomic E-state index is -0.405. The number of carbonyl (C=O) groups excluding carboxylic acids is 2. The molecule has 0 radical (unpaired) electrons. The second kappa shape index (κ2) is 5.05.